The highest BCUT2D eigenvalue weighted by molar-refractivity contribution is 4.84. The fourth-order valence-electron chi connectivity index (χ4n) is 1.51. The zero-order chi connectivity index (χ0) is 11.0. The molecule has 0 aromatic heterocycles. The highest BCUT2D eigenvalue weighted by Crippen LogP contribution is 2.44. The van der Waals surface area contributed by atoms with Crippen molar-refractivity contribution in [1.29, 1.82) is 0 Å². The zero-order valence-electron chi connectivity index (χ0n) is 8.82. The van der Waals surface area contributed by atoms with Crippen LogP contribution >= 0.6 is 0 Å². The van der Waals surface area contributed by atoms with Gasteiger partial charge in [-0.15, -0.1) is 0 Å². The van der Waals surface area contributed by atoms with Crippen LogP contribution in [0.15, 0.2) is 0 Å². The van der Waals surface area contributed by atoms with Crippen LogP contribution in [0.5, 0.6) is 0 Å². The minimum Gasteiger partial charge on any atom is -0.376 e. The van der Waals surface area contributed by atoms with E-state index in [4.69, 9.17) is 4.74 Å². The van der Waals surface area contributed by atoms with Crippen LogP contribution in [-0.4, -0.2) is 18.4 Å². The molecule has 1 fully saturated rings. The van der Waals surface area contributed by atoms with Gasteiger partial charge in [0.05, 0.1) is 18.1 Å². The van der Waals surface area contributed by atoms with Gasteiger partial charge in [0.1, 0.15) is 0 Å². The molecular formula is C10H17F3O. The van der Waals surface area contributed by atoms with E-state index in [9.17, 15) is 13.2 Å². The quantitative estimate of drug-likeness (QED) is 0.678. The van der Waals surface area contributed by atoms with E-state index >= 15 is 0 Å². The SMILES string of the molecule is CC(C)(C)OCC1CC(C(F)(F)F)C1. The highest BCUT2D eigenvalue weighted by atomic mass is 19.4. The lowest BCUT2D eigenvalue weighted by Gasteiger charge is -2.37. The molecule has 0 atom stereocenters. The standard InChI is InChI=1S/C10H17F3O/c1-9(2,3)14-6-7-4-8(5-7)10(11,12)13/h7-8H,4-6H2,1-3H3. The van der Waals surface area contributed by atoms with Crippen molar-refractivity contribution in [3.8, 4) is 0 Å². The van der Waals surface area contributed by atoms with Gasteiger partial charge >= 0.3 is 6.18 Å². The maximum atomic E-state index is 12.1. The lowest BCUT2D eigenvalue weighted by atomic mass is 9.75. The van der Waals surface area contributed by atoms with E-state index in [2.05, 4.69) is 0 Å². The Morgan fingerprint density at radius 1 is 1.14 bits per heavy atom. The van der Waals surface area contributed by atoms with E-state index in [1.807, 2.05) is 20.8 Å². The average Bonchev–Trinajstić information content (AvgIpc) is 1.76. The van der Waals surface area contributed by atoms with E-state index in [0.29, 0.717) is 6.61 Å². The van der Waals surface area contributed by atoms with Gasteiger partial charge < -0.3 is 4.74 Å². The Labute approximate surface area is 82.6 Å². The fraction of sp³-hybridized carbons (Fsp3) is 1.00. The van der Waals surface area contributed by atoms with Gasteiger partial charge in [0.25, 0.3) is 0 Å². The van der Waals surface area contributed by atoms with Crippen molar-refractivity contribution in [1.82, 2.24) is 0 Å². The first-order valence-corrected chi connectivity index (χ1v) is 4.89. The van der Waals surface area contributed by atoms with Crippen LogP contribution in [0, 0.1) is 11.8 Å². The second-order valence-electron chi connectivity index (χ2n) is 5.00. The van der Waals surface area contributed by atoms with Gasteiger partial charge in [-0.1, -0.05) is 0 Å². The second kappa shape index (κ2) is 3.72. The molecule has 0 unspecified atom stereocenters. The van der Waals surface area contributed by atoms with Crippen LogP contribution in [0.3, 0.4) is 0 Å². The Hall–Kier alpha value is -0.250. The Balaban J connectivity index is 2.17. The lowest BCUT2D eigenvalue weighted by molar-refractivity contribution is -0.210. The average molecular weight is 210 g/mol. The van der Waals surface area contributed by atoms with E-state index < -0.39 is 12.1 Å². The Morgan fingerprint density at radius 2 is 1.64 bits per heavy atom. The number of rotatable bonds is 2. The summed E-state index contributed by atoms with van der Waals surface area (Å²) >= 11 is 0. The molecule has 1 nitrogen and oxygen atoms in total. The predicted octanol–water partition coefficient (Wildman–Crippen LogP) is 3.39. The molecule has 0 spiro atoms. The summed E-state index contributed by atoms with van der Waals surface area (Å²) in [6.07, 6.45) is -3.53. The molecule has 0 N–H and O–H groups in total. The van der Waals surface area contributed by atoms with Gasteiger partial charge in [-0.05, 0) is 39.5 Å². The number of hydrogen-bond donors (Lipinski definition) is 0. The van der Waals surface area contributed by atoms with Crippen molar-refractivity contribution in [2.24, 2.45) is 11.8 Å². The first kappa shape index (κ1) is 11.8. The van der Waals surface area contributed by atoms with Gasteiger partial charge in [-0.2, -0.15) is 13.2 Å². The lowest BCUT2D eigenvalue weighted by Crippen LogP contribution is -2.39. The molecule has 0 bridgehead atoms. The van der Waals surface area contributed by atoms with Crippen molar-refractivity contribution >= 4 is 0 Å². The van der Waals surface area contributed by atoms with E-state index in [-0.39, 0.29) is 24.4 Å². The van der Waals surface area contributed by atoms with E-state index in [0.717, 1.165) is 0 Å². The molecule has 0 aliphatic heterocycles. The summed E-state index contributed by atoms with van der Waals surface area (Å²) in [5.74, 6) is -0.989. The minimum absolute atomic E-state index is 0.0980. The van der Waals surface area contributed by atoms with Crippen LogP contribution in [0.1, 0.15) is 33.6 Å². The fourth-order valence-corrected chi connectivity index (χ4v) is 1.51. The monoisotopic (exact) mass is 210 g/mol. The molecule has 1 aliphatic rings. The maximum absolute atomic E-state index is 12.1. The minimum atomic E-state index is -4.00. The third-order valence-corrected chi connectivity index (χ3v) is 2.45. The zero-order valence-corrected chi connectivity index (χ0v) is 8.82. The molecule has 0 radical (unpaired) electrons. The first-order valence-electron chi connectivity index (χ1n) is 4.89. The first-order chi connectivity index (χ1) is 6.18. The summed E-state index contributed by atoms with van der Waals surface area (Å²) in [7, 11) is 0. The largest absolute Gasteiger partial charge is 0.391 e. The van der Waals surface area contributed by atoms with E-state index in [1.54, 1.807) is 0 Å². The molecule has 0 aromatic carbocycles. The van der Waals surface area contributed by atoms with E-state index in [1.165, 1.54) is 0 Å². The molecule has 0 amide bonds. The van der Waals surface area contributed by atoms with Gasteiger partial charge in [-0.3, -0.25) is 0 Å². The summed E-state index contributed by atoms with van der Waals surface area (Å²) in [6, 6.07) is 0. The summed E-state index contributed by atoms with van der Waals surface area (Å²) in [4.78, 5) is 0. The molecule has 0 heterocycles. The Bertz CT molecular complexity index is 184. The molecule has 1 rings (SSSR count). The highest BCUT2D eigenvalue weighted by Gasteiger charge is 2.47. The molecule has 4 heteroatoms. The van der Waals surface area contributed by atoms with Crippen molar-refractivity contribution < 1.29 is 17.9 Å². The summed E-state index contributed by atoms with van der Waals surface area (Å²) in [6.45, 7) is 6.18. The number of halogens is 3. The number of hydrogen-bond acceptors (Lipinski definition) is 1. The summed E-state index contributed by atoms with van der Waals surface area (Å²) < 4.78 is 41.7. The maximum Gasteiger partial charge on any atom is 0.391 e. The van der Waals surface area contributed by atoms with Crippen molar-refractivity contribution in [3.63, 3.8) is 0 Å². The van der Waals surface area contributed by atoms with Gasteiger partial charge in [0.2, 0.25) is 0 Å². The normalized spacial score (nSPS) is 28.7. The number of ether oxygens (including phenoxy) is 1. The van der Waals surface area contributed by atoms with Crippen LogP contribution in [0.25, 0.3) is 0 Å². The van der Waals surface area contributed by atoms with Gasteiger partial charge in [0, 0.05) is 0 Å². The third kappa shape index (κ3) is 3.48. The summed E-state index contributed by atoms with van der Waals surface area (Å²) in [5.41, 5.74) is -0.247. The topological polar surface area (TPSA) is 9.23 Å². The molecule has 0 aromatic rings. The molecular weight excluding hydrogens is 193 g/mol. The van der Waals surface area contributed by atoms with Gasteiger partial charge in [0.15, 0.2) is 0 Å². The van der Waals surface area contributed by atoms with Crippen LogP contribution in [-0.2, 0) is 4.74 Å². The smallest absolute Gasteiger partial charge is 0.376 e. The van der Waals surface area contributed by atoms with Crippen molar-refractivity contribution in [3.05, 3.63) is 0 Å². The molecule has 84 valence electrons. The van der Waals surface area contributed by atoms with Crippen LogP contribution < -0.4 is 0 Å². The molecule has 1 saturated carbocycles. The predicted molar refractivity (Wildman–Crippen MR) is 48.0 cm³/mol. The van der Waals surface area contributed by atoms with Crippen molar-refractivity contribution in [2.45, 2.75) is 45.4 Å². The molecule has 0 saturated heterocycles. The van der Waals surface area contributed by atoms with Crippen molar-refractivity contribution in [2.75, 3.05) is 6.61 Å². The molecule has 1 aliphatic carbocycles. The number of alkyl halides is 3. The van der Waals surface area contributed by atoms with Crippen LogP contribution in [0.4, 0.5) is 13.2 Å². The Morgan fingerprint density at radius 3 is 2.00 bits per heavy atom. The third-order valence-electron chi connectivity index (χ3n) is 2.45. The molecule has 14 heavy (non-hydrogen) atoms. The van der Waals surface area contributed by atoms with Crippen LogP contribution in [0.2, 0.25) is 0 Å². The Kier molecular flexibility index (Phi) is 3.14. The van der Waals surface area contributed by atoms with Gasteiger partial charge in [-0.25, -0.2) is 0 Å². The second-order valence-corrected chi connectivity index (χ2v) is 5.00. The summed E-state index contributed by atoms with van der Waals surface area (Å²) in [5, 5.41) is 0.